The molecule has 0 spiro atoms. The van der Waals surface area contributed by atoms with Gasteiger partial charge in [0.15, 0.2) is 5.75 Å². The monoisotopic (exact) mass is 278 g/mol. The zero-order chi connectivity index (χ0) is 15.1. The molecule has 1 N–H and O–H groups in total. The van der Waals surface area contributed by atoms with Crippen LogP contribution in [0.5, 0.6) is 5.75 Å². The van der Waals surface area contributed by atoms with Crippen LogP contribution in [0.2, 0.25) is 0 Å². The zero-order valence-corrected chi connectivity index (χ0v) is 12.7. The van der Waals surface area contributed by atoms with Gasteiger partial charge in [0.25, 0.3) is 0 Å². The minimum absolute atomic E-state index is 0.00914. The Hall–Kier alpha value is -1.78. The number of nitro benzene ring substituents is 1. The van der Waals surface area contributed by atoms with Crippen molar-refractivity contribution in [1.29, 1.82) is 0 Å². The number of benzene rings is 1. The van der Waals surface area contributed by atoms with Crippen LogP contribution in [0.15, 0.2) is 18.2 Å². The van der Waals surface area contributed by atoms with Crippen molar-refractivity contribution in [2.75, 3.05) is 19.0 Å². The van der Waals surface area contributed by atoms with E-state index in [9.17, 15) is 10.1 Å². The second-order valence-electron chi connectivity index (χ2n) is 6.52. The number of ether oxygens (including phenoxy) is 1. The third-order valence-corrected chi connectivity index (χ3v) is 5.21. The molecule has 0 amide bonds. The number of hydrogen-bond acceptors (Lipinski definition) is 4. The number of nitrogens with zero attached hydrogens (tertiary/aromatic N) is 1. The summed E-state index contributed by atoms with van der Waals surface area (Å²) in [5.41, 5.74) is 1.49. The van der Waals surface area contributed by atoms with E-state index >= 15 is 0 Å². The molecule has 1 aliphatic carbocycles. The normalized spacial score (nSPS) is 19.4. The van der Waals surface area contributed by atoms with Crippen LogP contribution in [0, 0.1) is 26.9 Å². The maximum atomic E-state index is 10.8. The third-order valence-electron chi connectivity index (χ3n) is 5.21. The van der Waals surface area contributed by atoms with Gasteiger partial charge in [-0.05, 0) is 22.8 Å². The lowest BCUT2D eigenvalue weighted by molar-refractivity contribution is -0.385. The molecule has 1 aromatic rings. The van der Waals surface area contributed by atoms with Crippen LogP contribution in [-0.2, 0) is 0 Å². The van der Waals surface area contributed by atoms with Gasteiger partial charge in [-0.15, -0.1) is 0 Å². The van der Waals surface area contributed by atoms with E-state index < -0.39 is 4.92 Å². The fourth-order valence-corrected chi connectivity index (χ4v) is 3.00. The van der Waals surface area contributed by atoms with Gasteiger partial charge in [0.2, 0.25) is 0 Å². The van der Waals surface area contributed by atoms with Crippen molar-refractivity contribution in [3.63, 3.8) is 0 Å². The first-order chi connectivity index (χ1) is 9.21. The van der Waals surface area contributed by atoms with Gasteiger partial charge in [0, 0.05) is 24.4 Å². The van der Waals surface area contributed by atoms with Crippen molar-refractivity contribution in [2.45, 2.75) is 27.7 Å². The van der Waals surface area contributed by atoms with E-state index in [1.165, 1.54) is 13.2 Å². The van der Waals surface area contributed by atoms with Crippen LogP contribution in [0.4, 0.5) is 11.4 Å². The first-order valence-electron chi connectivity index (χ1n) is 6.78. The summed E-state index contributed by atoms with van der Waals surface area (Å²) in [6.45, 7) is 9.96. The highest BCUT2D eigenvalue weighted by Gasteiger charge is 2.63. The highest BCUT2D eigenvalue weighted by atomic mass is 16.6. The molecule has 1 fully saturated rings. The predicted molar refractivity (Wildman–Crippen MR) is 79.2 cm³/mol. The topological polar surface area (TPSA) is 64.4 Å². The molecule has 20 heavy (non-hydrogen) atoms. The molecular weight excluding hydrogens is 256 g/mol. The molecule has 1 saturated carbocycles. The molecule has 1 aliphatic rings. The van der Waals surface area contributed by atoms with Crippen LogP contribution in [0.1, 0.15) is 27.7 Å². The molecule has 0 saturated heterocycles. The molecule has 0 aliphatic heterocycles. The Bertz CT molecular complexity index is 524. The minimum Gasteiger partial charge on any atom is -0.490 e. The first kappa shape index (κ1) is 14.6. The smallest absolute Gasteiger partial charge is 0.311 e. The van der Waals surface area contributed by atoms with Gasteiger partial charge in [0.05, 0.1) is 12.0 Å². The summed E-state index contributed by atoms with van der Waals surface area (Å²) in [5.74, 6) is 0.880. The number of nitro groups is 1. The number of nitrogens with one attached hydrogen (secondary N) is 1. The average Bonchev–Trinajstić information content (AvgIpc) is 2.76. The maximum absolute atomic E-state index is 10.8. The quantitative estimate of drug-likeness (QED) is 0.659. The molecule has 0 atom stereocenters. The molecule has 0 radical (unpaired) electrons. The Morgan fingerprint density at radius 2 is 1.90 bits per heavy atom. The largest absolute Gasteiger partial charge is 0.490 e. The summed E-state index contributed by atoms with van der Waals surface area (Å²) in [7, 11) is 1.44. The third kappa shape index (κ3) is 2.21. The lowest BCUT2D eigenvalue weighted by Crippen LogP contribution is -2.08. The van der Waals surface area contributed by atoms with Crippen molar-refractivity contribution < 1.29 is 9.66 Å². The SMILES string of the molecule is COc1cc(NCC2C(C)(C)C2(C)C)ccc1[N+](=O)[O-]. The fraction of sp³-hybridized carbons (Fsp3) is 0.600. The van der Waals surface area contributed by atoms with Gasteiger partial charge in [-0.2, -0.15) is 0 Å². The van der Waals surface area contributed by atoms with E-state index in [1.54, 1.807) is 12.1 Å². The van der Waals surface area contributed by atoms with Crippen molar-refractivity contribution in [3.05, 3.63) is 28.3 Å². The summed E-state index contributed by atoms with van der Waals surface area (Å²) in [6.07, 6.45) is 0. The van der Waals surface area contributed by atoms with Crippen molar-refractivity contribution in [1.82, 2.24) is 0 Å². The predicted octanol–water partition coefficient (Wildman–Crippen LogP) is 3.70. The number of methoxy groups -OCH3 is 1. The molecule has 0 heterocycles. The van der Waals surface area contributed by atoms with Gasteiger partial charge in [0.1, 0.15) is 0 Å². The zero-order valence-electron chi connectivity index (χ0n) is 12.7. The lowest BCUT2D eigenvalue weighted by Gasteiger charge is -2.09. The van der Waals surface area contributed by atoms with Gasteiger partial charge in [-0.25, -0.2) is 0 Å². The van der Waals surface area contributed by atoms with Gasteiger partial charge in [-0.3, -0.25) is 10.1 Å². The van der Waals surface area contributed by atoms with Crippen molar-refractivity contribution in [2.24, 2.45) is 16.7 Å². The Morgan fingerprint density at radius 1 is 1.30 bits per heavy atom. The van der Waals surface area contributed by atoms with Crippen LogP contribution in [-0.4, -0.2) is 18.6 Å². The molecule has 110 valence electrons. The number of rotatable bonds is 5. The fourth-order valence-electron chi connectivity index (χ4n) is 3.00. The van der Waals surface area contributed by atoms with Crippen LogP contribution in [0.25, 0.3) is 0 Å². The van der Waals surface area contributed by atoms with Gasteiger partial charge >= 0.3 is 5.69 Å². The van der Waals surface area contributed by atoms with Crippen LogP contribution in [0.3, 0.4) is 0 Å². The molecular formula is C15H22N2O3. The molecule has 5 heteroatoms. The van der Waals surface area contributed by atoms with Crippen LogP contribution < -0.4 is 10.1 Å². The molecule has 0 unspecified atom stereocenters. The average molecular weight is 278 g/mol. The summed E-state index contributed by atoms with van der Waals surface area (Å²) >= 11 is 0. The lowest BCUT2D eigenvalue weighted by atomic mass is 10.0. The van der Waals surface area contributed by atoms with E-state index in [-0.39, 0.29) is 11.4 Å². The summed E-state index contributed by atoms with van der Waals surface area (Å²) in [4.78, 5) is 10.4. The Balaban J connectivity index is 2.07. The summed E-state index contributed by atoms with van der Waals surface area (Å²) in [6, 6.07) is 4.88. The number of hydrogen-bond donors (Lipinski definition) is 1. The minimum atomic E-state index is -0.435. The van der Waals surface area contributed by atoms with Crippen LogP contribution >= 0.6 is 0 Å². The second kappa shape index (κ2) is 4.65. The Labute approximate surface area is 119 Å². The van der Waals surface area contributed by atoms with Gasteiger partial charge < -0.3 is 10.1 Å². The van der Waals surface area contributed by atoms with E-state index in [4.69, 9.17) is 4.74 Å². The molecule has 0 bridgehead atoms. The summed E-state index contributed by atoms with van der Waals surface area (Å²) in [5, 5.41) is 14.2. The van der Waals surface area contributed by atoms with Crippen molar-refractivity contribution >= 4 is 11.4 Å². The molecule has 5 nitrogen and oxygen atoms in total. The van der Waals surface area contributed by atoms with E-state index in [1.807, 2.05) is 0 Å². The highest BCUT2D eigenvalue weighted by molar-refractivity contribution is 5.58. The number of anilines is 1. The van der Waals surface area contributed by atoms with E-state index in [0.717, 1.165) is 12.2 Å². The highest BCUT2D eigenvalue weighted by Crippen LogP contribution is 2.68. The molecule has 1 aromatic carbocycles. The first-order valence-corrected chi connectivity index (χ1v) is 6.78. The summed E-state index contributed by atoms with van der Waals surface area (Å²) < 4.78 is 5.07. The van der Waals surface area contributed by atoms with E-state index in [0.29, 0.717) is 16.7 Å². The molecule has 0 aromatic heterocycles. The Morgan fingerprint density at radius 3 is 2.35 bits per heavy atom. The second-order valence-corrected chi connectivity index (χ2v) is 6.52. The van der Waals surface area contributed by atoms with Crippen molar-refractivity contribution in [3.8, 4) is 5.75 Å². The Kier molecular flexibility index (Phi) is 3.40. The van der Waals surface area contributed by atoms with E-state index in [2.05, 4.69) is 33.0 Å². The van der Waals surface area contributed by atoms with Gasteiger partial charge in [-0.1, -0.05) is 27.7 Å². The standard InChI is InChI=1S/C15H22N2O3/c1-14(2)13(15(14,3)4)9-16-10-6-7-11(17(18)19)12(8-10)20-5/h6-8,13,16H,9H2,1-5H3. The maximum Gasteiger partial charge on any atom is 0.311 e. The molecule has 2 rings (SSSR count).